The second-order valence-corrected chi connectivity index (χ2v) is 7.07. The van der Waals surface area contributed by atoms with Crippen LogP contribution in [-0.4, -0.2) is 22.6 Å². The second-order valence-electron chi connectivity index (χ2n) is 5.99. The summed E-state index contributed by atoms with van der Waals surface area (Å²) < 4.78 is 5.11. The average molecular weight is 340 g/mol. The van der Waals surface area contributed by atoms with Crippen molar-refractivity contribution in [1.82, 2.24) is 14.3 Å². The molecule has 0 saturated carbocycles. The number of benzene rings is 1. The Bertz CT molecular complexity index is 760. The van der Waals surface area contributed by atoms with Gasteiger partial charge in [-0.3, -0.25) is 4.72 Å². The van der Waals surface area contributed by atoms with Crippen molar-refractivity contribution in [1.29, 1.82) is 0 Å². The molecule has 1 aromatic heterocycles. The highest BCUT2D eigenvalue weighted by atomic mass is 32.2. The van der Waals surface area contributed by atoms with Crippen LogP contribution >= 0.6 is 11.9 Å². The zero-order valence-corrected chi connectivity index (χ0v) is 15.2. The number of nitrogens with one attached hydrogen (secondary N) is 2. The Morgan fingerprint density at radius 3 is 2.83 bits per heavy atom. The number of nitrogens with zero attached hydrogens (tertiary/aromatic N) is 2. The molecule has 2 N–H and O–H groups in total. The fourth-order valence-corrected chi connectivity index (χ4v) is 3.41. The molecule has 1 aliphatic carbocycles. The maximum absolute atomic E-state index is 4.53. The Morgan fingerprint density at radius 2 is 2.17 bits per heavy atom. The molecule has 5 heteroatoms. The summed E-state index contributed by atoms with van der Waals surface area (Å²) in [5.74, 6) is 0. The van der Waals surface area contributed by atoms with Gasteiger partial charge in [-0.25, -0.2) is 4.98 Å². The standard InChI is InChI=1S/C19H24N4S/c1-14(15-7-5-4-6-8-15)22-18-10-9-16(24-20-2)11-17(18)19-12-23(3)13-21-19/h5,7-14,20,22H,4,6H2,1-3H3/t14-/m0/s1. The van der Waals surface area contributed by atoms with E-state index in [1.165, 1.54) is 10.5 Å². The van der Waals surface area contributed by atoms with Crippen molar-refractivity contribution in [2.75, 3.05) is 12.4 Å². The number of imidazole rings is 1. The molecule has 0 spiro atoms. The summed E-state index contributed by atoms with van der Waals surface area (Å²) in [5.41, 5.74) is 4.57. The Morgan fingerprint density at radius 1 is 1.29 bits per heavy atom. The third kappa shape index (κ3) is 3.91. The van der Waals surface area contributed by atoms with Crippen molar-refractivity contribution in [3.8, 4) is 11.3 Å². The minimum atomic E-state index is 0.270. The lowest BCUT2D eigenvalue weighted by molar-refractivity contribution is 0.905. The largest absolute Gasteiger partial charge is 0.378 e. The number of rotatable bonds is 6. The summed E-state index contributed by atoms with van der Waals surface area (Å²) in [4.78, 5) is 5.71. The topological polar surface area (TPSA) is 41.9 Å². The summed E-state index contributed by atoms with van der Waals surface area (Å²) in [6.45, 7) is 2.21. The molecule has 0 aliphatic heterocycles. The molecule has 0 saturated heterocycles. The fourth-order valence-electron chi connectivity index (χ4n) is 2.87. The first kappa shape index (κ1) is 16.9. The van der Waals surface area contributed by atoms with E-state index in [1.54, 1.807) is 11.9 Å². The van der Waals surface area contributed by atoms with Crippen molar-refractivity contribution in [3.05, 3.63) is 54.5 Å². The first-order valence-electron chi connectivity index (χ1n) is 8.26. The number of aromatic nitrogens is 2. The highest BCUT2D eigenvalue weighted by molar-refractivity contribution is 7.97. The van der Waals surface area contributed by atoms with Gasteiger partial charge in [-0.1, -0.05) is 18.2 Å². The minimum absolute atomic E-state index is 0.270. The van der Waals surface area contributed by atoms with Gasteiger partial charge >= 0.3 is 0 Å². The number of hydrogen-bond acceptors (Lipinski definition) is 4. The van der Waals surface area contributed by atoms with Crippen molar-refractivity contribution in [3.63, 3.8) is 0 Å². The van der Waals surface area contributed by atoms with Gasteiger partial charge in [-0.05, 0) is 62.5 Å². The van der Waals surface area contributed by atoms with Crippen molar-refractivity contribution in [2.24, 2.45) is 7.05 Å². The van der Waals surface area contributed by atoms with Crippen LogP contribution in [-0.2, 0) is 7.05 Å². The van der Waals surface area contributed by atoms with Crippen LogP contribution in [0.25, 0.3) is 11.3 Å². The molecule has 0 unspecified atom stereocenters. The minimum Gasteiger partial charge on any atom is -0.378 e. The van der Waals surface area contributed by atoms with E-state index >= 15 is 0 Å². The Balaban J connectivity index is 1.91. The van der Waals surface area contributed by atoms with Crippen LogP contribution in [0.5, 0.6) is 0 Å². The maximum Gasteiger partial charge on any atom is 0.0951 e. The number of aryl methyl sites for hydroxylation is 1. The van der Waals surface area contributed by atoms with Crippen molar-refractivity contribution < 1.29 is 0 Å². The van der Waals surface area contributed by atoms with E-state index in [4.69, 9.17) is 0 Å². The van der Waals surface area contributed by atoms with E-state index in [1.807, 2.05) is 25.0 Å². The molecule has 0 radical (unpaired) electrons. The Hall–Kier alpha value is -1.98. The highest BCUT2D eigenvalue weighted by Crippen LogP contribution is 2.32. The summed E-state index contributed by atoms with van der Waals surface area (Å²) in [6.07, 6.45) is 13.0. The smallest absolute Gasteiger partial charge is 0.0951 e. The lowest BCUT2D eigenvalue weighted by Gasteiger charge is -2.21. The summed E-state index contributed by atoms with van der Waals surface area (Å²) >= 11 is 1.61. The first-order chi connectivity index (χ1) is 11.7. The van der Waals surface area contributed by atoms with Gasteiger partial charge in [0.15, 0.2) is 0 Å². The van der Waals surface area contributed by atoms with Crippen LogP contribution in [0.3, 0.4) is 0 Å². The Labute approximate surface area is 148 Å². The summed E-state index contributed by atoms with van der Waals surface area (Å²) in [5, 5.41) is 3.66. The van der Waals surface area contributed by atoms with Gasteiger partial charge in [0.1, 0.15) is 0 Å². The molecule has 4 nitrogen and oxygen atoms in total. The monoisotopic (exact) mass is 340 g/mol. The highest BCUT2D eigenvalue weighted by Gasteiger charge is 2.13. The maximum atomic E-state index is 4.53. The van der Waals surface area contributed by atoms with Crippen molar-refractivity contribution in [2.45, 2.75) is 30.7 Å². The first-order valence-corrected chi connectivity index (χ1v) is 9.08. The molecule has 1 atom stereocenters. The molecule has 0 bridgehead atoms. The molecular formula is C19H24N4S. The van der Waals surface area contributed by atoms with E-state index in [-0.39, 0.29) is 6.04 Å². The van der Waals surface area contributed by atoms with E-state index < -0.39 is 0 Å². The van der Waals surface area contributed by atoms with Gasteiger partial charge in [-0.2, -0.15) is 0 Å². The fraction of sp³-hybridized carbons (Fsp3) is 0.316. The predicted octanol–water partition coefficient (Wildman–Crippen LogP) is 4.39. The molecule has 0 fully saturated rings. The molecule has 1 aromatic carbocycles. The van der Waals surface area contributed by atoms with Gasteiger partial charge in [0.2, 0.25) is 0 Å². The van der Waals surface area contributed by atoms with Gasteiger partial charge in [-0.15, -0.1) is 0 Å². The second kappa shape index (κ2) is 7.73. The third-order valence-corrected chi connectivity index (χ3v) is 4.78. The molecule has 3 rings (SSSR count). The number of allylic oxidation sites excluding steroid dienone is 2. The average Bonchev–Trinajstić information content (AvgIpc) is 3.03. The number of anilines is 1. The number of hydrogen-bond donors (Lipinski definition) is 2. The van der Waals surface area contributed by atoms with Crippen LogP contribution in [0.15, 0.2) is 59.4 Å². The van der Waals surface area contributed by atoms with Crippen LogP contribution in [0.4, 0.5) is 5.69 Å². The zero-order valence-electron chi connectivity index (χ0n) is 14.4. The zero-order chi connectivity index (χ0) is 16.9. The van der Waals surface area contributed by atoms with E-state index in [0.717, 1.165) is 29.8 Å². The lowest BCUT2D eigenvalue weighted by atomic mass is 10.0. The van der Waals surface area contributed by atoms with Crippen LogP contribution in [0.1, 0.15) is 19.8 Å². The van der Waals surface area contributed by atoms with Crippen LogP contribution < -0.4 is 10.0 Å². The third-order valence-electron chi connectivity index (χ3n) is 4.09. The molecule has 1 heterocycles. The molecule has 126 valence electrons. The molecule has 24 heavy (non-hydrogen) atoms. The van der Waals surface area contributed by atoms with Crippen LogP contribution in [0, 0.1) is 0 Å². The molecule has 0 amide bonds. The van der Waals surface area contributed by atoms with Gasteiger partial charge in [0, 0.05) is 35.4 Å². The van der Waals surface area contributed by atoms with Gasteiger partial charge in [0.05, 0.1) is 12.0 Å². The van der Waals surface area contributed by atoms with Crippen molar-refractivity contribution >= 4 is 17.6 Å². The van der Waals surface area contributed by atoms with Gasteiger partial charge in [0.25, 0.3) is 0 Å². The van der Waals surface area contributed by atoms with Gasteiger partial charge < -0.3 is 9.88 Å². The summed E-state index contributed by atoms with van der Waals surface area (Å²) in [7, 11) is 3.93. The lowest BCUT2D eigenvalue weighted by Crippen LogP contribution is -2.18. The quantitative estimate of drug-likeness (QED) is 0.765. The summed E-state index contributed by atoms with van der Waals surface area (Å²) in [6, 6.07) is 6.73. The molecular weight excluding hydrogens is 316 g/mol. The predicted molar refractivity (Wildman–Crippen MR) is 103 cm³/mol. The normalized spacial score (nSPS) is 15.2. The molecule has 2 aromatic rings. The van der Waals surface area contributed by atoms with E-state index in [2.05, 4.69) is 64.6 Å². The van der Waals surface area contributed by atoms with E-state index in [9.17, 15) is 0 Å². The van der Waals surface area contributed by atoms with Crippen LogP contribution in [0.2, 0.25) is 0 Å². The SMILES string of the molecule is CNSc1ccc(N[C@@H](C)C2=CCCC=C2)c(-c2cn(C)cn2)c1. The molecule has 1 aliphatic rings. The van der Waals surface area contributed by atoms with E-state index in [0.29, 0.717) is 0 Å². The Kier molecular flexibility index (Phi) is 5.43.